The van der Waals surface area contributed by atoms with E-state index in [9.17, 15) is 4.79 Å². The number of nitrogens with one attached hydrogen (secondary N) is 1. The zero-order valence-electron chi connectivity index (χ0n) is 10.9. The Balaban J connectivity index is 2.21. The van der Waals surface area contributed by atoms with Crippen LogP contribution in [0.1, 0.15) is 30.1 Å². The molecule has 1 aromatic rings. The lowest BCUT2D eigenvalue weighted by molar-refractivity contribution is 0.0758. The van der Waals surface area contributed by atoms with Crippen LogP contribution in [0, 0.1) is 5.92 Å². The molecule has 0 saturated heterocycles. The molecule has 1 aliphatic rings. The molecule has 1 saturated carbocycles. The predicted octanol–water partition coefficient (Wildman–Crippen LogP) is 3.25. The zero-order chi connectivity index (χ0) is 13.1. The molecule has 0 unspecified atom stereocenters. The molecule has 3 nitrogen and oxygen atoms in total. The number of carbonyl (C=O) groups is 1. The summed E-state index contributed by atoms with van der Waals surface area (Å²) in [6.45, 7) is 3.62. The van der Waals surface area contributed by atoms with Crippen LogP contribution in [0.5, 0.6) is 0 Å². The largest absolute Gasteiger partial charge is 0.387 e. The maximum Gasteiger partial charge on any atom is 0.256 e. The van der Waals surface area contributed by atoms with Gasteiger partial charge in [0.05, 0.1) is 5.56 Å². The number of anilines is 1. The van der Waals surface area contributed by atoms with Gasteiger partial charge in [0.2, 0.25) is 0 Å². The number of nitrogens with zero attached hydrogens (tertiary/aromatic N) is 1. The van der Waals surface area contributed by atoms with E-state index in [0.717, 1.165) is 18.8 Å². The average molecular weight is 267 g/mol. The summed E-state index contributed by atoms with van der Waals surface area (Å²) in [5, 5.41) is 3.64. The van der Waals surface area contributed by atoms with Crippen LogP contribution in [0.15, 0.2) is 18.2 Å². The first-order chi connectivity index (χ1) is 8.65. The topological polar surface area (TPSA) is 32.3 Å². The SMILES string of the molecule is CCN(CC1CC1)C(=O)c1cc(Cl)ccc1NC. The quantitative estimate of drug-likeness (QED) is 0.887. The summed E-state index contributed by atoms with van der Waals surface area (Å²) in [4.78, 5) is 14.4. The minimum atomic E-state index is 0.0660. The van der Waals surface area contributed by atoms with Crippen molar-refractivity contribution in [1.82, 2.24) is 4.90 Å². The number of hydrogen-bond donors (Lipinski definition) is 1. The van der Waals surface area contributed by atoms with Crippen molar-refractivity contribution in [2.45, 2.75) is 19.8 Å². The second-order valence-corrected chi connectivity index (χ2v) is 5.16. The summed E-state index contributed by atoms with van der Waals surface area (Å²) in [5.41, 5.74) is 1.49. The molecular weight excluding hydrogens is 248 g/mol. The highest BCUT2D eigenvalue weighted by Crippen LogP contribution is 2.31. The van der Waals surface area contributed by atoms with E-state index in [1.165, 1.54) is 12.8 Å². The van der Waals surface area contributed by atoms with E-state index < -0.39 is 0 Å². The molecule has 0 atom stereocenters. The maximum atomic E-state index is 12.5. The normalized spacial score (nSPS) is 14.4. The Morgan fingerprint density at radius 1 is 1.50 bits per heavy atom. The van der Waals surface area contributed by atoms with Gasteiger partial charge in [-0.25, -0.2) is 0 Å². The highest BCUT2D eigenvalue weighted by atomic mass is 35.5. The fourth-order valence-corrected chi connectivity index (χ4v) is 2.22. The molecule has 0 bridgehead atoms. The van der Waals surface area contributed by atoms with Gasteiger partial charge in [-0.05, 0) is 43.9 Å². The van der Waals surface area contributed by atoms with Crippen molar-refractivity contribution in [2.24, 2.45) is 5.92 Å². The van der Waals surface area contributed by atoms with Crippen molar-refractivity contribution < 1.29 is 4.79 Å². The van der Waals surface area contributed by atoms with Gasteiger partial charge in [0, 0.05) is 30.8 Å². The molecule has 1 fully saturated rings. The minimum absolute atomic E-state index is 0.0660. The Labute approximate surface area is 113 Å². The molecule has 0 aromatic heterocycles. The van der Waals surface area contributed by atoms with Gasteiger partial charge < -0.3 is 10.2 Å². The van der Waals surface area contributed by atoms with Gasteiger partial charge >= 0.3 is 0 Å². The first-order valence-corrected chi connectivity index (χ1v) is 6.80. The third-order valence-corrected chi connectivity index (χ3v) is 3.56. The fraction of sp³-hybridized carbons (Fsp3) is 0.500. The number of benzene rings is 1. The number of hydrogen-bond acceptors (Lipinski definition) is 2. The molecule has 4 heteroatoms. The molecule has 1 aromatic carbocycles. The van der Waals surface area contributed by atoms with E-state index in [1.807, 2.05) is 24.9 Å². The lowest BCUT2D eigenvalue weighted by atomic mass is 10.1. The number of halogens is 1. The van der Waals surface area contributed by atoms with Crippen LogP contribution in [-0.2, 0) is 0 Å². The molecule has 1 amide bonds. The van der Waals surface area contributed by atoms with Crippen LogP contribution in [0.3, 0.4) is 0 Å². The first kappa shape index (κ1) is 13.2. The summed E-state index contributed by atoms with van der Waals surface area (Å²) < 4.78 is 0. The lowest BCUT2D eigenvalue weighted by Crippen LogP contribution is -2.33. The van der Waals surface area contributed by atoms with Gasteiger partial charge in [-0.3, -0.25) is 4.79 Å². The van der Waals surface area contributed by atoms with Crippen LogP contribution in [-0.4, -0.2) is 30.9 Å². The molecule has 0 radical (unpaired) electrons. The van der Waals surface area contributed by atoms with Crippen molar-refractivity contribution in [3.05, 3.63) is 28.8 Å². The summed E-state index contributed by atoms with van der Waals surface area (Å²) in [5.74, 6) is 0.766. The second-order valence-electron chi connectivity index (χ2n) is 4.73. The predicted molar refractivity (Wildman–Crippen MR) is 75.3 cm³/mol. The fourth-order valence-electron chi connectivity index (χ4n) is 2.05. The Morgan fingerprint density at radius 3 is 2.78 bits per heavy atom. The van der Waals surface area contributed by atoms with Gasteiger partial charge in [0.15, 0.2) is 0 Å². The summed E-state index contributed by atoms with van der Waals surface area (Å²) in [6.07, 6.45) is 2.50. The van der Waals surface area contributed by atoms with Crippen LogP contribution >= 0.6 is 11.6 Å². The maximum absolute atomic E-state index is 12.5. The molecule has 18 heavy (non-hydrogen) atoms. The van der Waals surface area contributed by atoms with Crippen LogP contribution in [0.4, 0.5) is 5.69 Å². The summed E-state index contributed by atoms with van der Waals surface area (Å²) in [7, 11) is 1.82. The van der Waals surface area contributed by atoms with E-state index in [1.54, 1.807) is 12.1 Å². The van der Waals surface area contributed by atoms with Gasteiger partial charge in [0.1, 0.15) is 0 Å². The van der Waals surface area contributed by atoms with E-state index in [-0.39, 0.29) is 5.91 Å². The molecule has 0 heterocycles. The minimum Gasteiger partial charge on any atom is -0.387 e. The molecule has 98 valence electrons. The summed E-state index contributed by atoms with van der Waals surface area (Å²) in [6, 6.07) is 5.38. The third-order valence-electron chi connectivity index (χ3n) is 3.33. The van der Waals surface area contributed by atoms with Gasteiger partial charge in [-0.15, -0.1) is 0 Å². The Bertz CT molecular complexity index is 443. The second kappa shape index (κ2) is 5.61. The highest BCUT2D eigenvalue weighted by Gasteiger charge is 2.27. The Morgan fingerprint density at radius 2 is 2.22 bits per heavy atom. The smallest absolute Gasteiger partial charge is 0.256 e. The zero-order valence-corrected chi connectivity index (χ0v) is 11.6. The lowest BCUT2D eigenvalue weighted by Gasteiger charge is -2.22. The van der Waals surface area contributed by atoms with Gasteiger partial charge in [0.25, 0.3) is 5.91 Å². The van der Waals surface area contributed by atoms with Crippen molar-refractivity contribution in [2.75, 3.05) is 25.5 Å². The number of amides is 1. The average Bonchev–Trinajstić information content (AvgIpc) is 3.19. The first-order valence-electron chi connectivity index (χ1n) is 6.42. The van der Waals surface area contributed by atoms with Crippen LogP contribution < -0.4 is 5.32 Å². The van der Waals surface area contributed by atoms with Gasteiger partial charge in [-0.2, -0.15) is 0 Å². The molecule has 0 aliphatic heterocycles. The van der Waals surface area contributed by atoms with Crippen molar-refractivity contribution in [3.63, 3.8) is 0 Å². The van der Waals surface area contributed by atoms with Crippen molar-refractivity contribution in [3.8, 4) is 0 Å². The molecular formula is C14H19ClN2O. The van der Waals surface area contributed by atoms with E-state index in [0.29, 0.717) is 16.5 Å². The van der Waals surface area contributed by atoms with E-state index >= 15 is 0 Å². The molecule has 1 aliphatic carbocycles. The van der Waals surface area contributed by atoms with E-state index in [2.05, 4.69) is 5.32 Å². The van der Waals surface area contributed by atoms with Gasteiger partial charge in [-0.1, -0.05) is 11.6 Å². The highest BCUT2D eigenvalue weighted by molar-refractivity contribution is 6.31. The molecule has 1 N–H and O–H groups in total. The van der Waals surface area contributed by atoms with Crippen LogP contribution in [0.2, 0.25) is 5.02 Å². The molecule has 2 rings (SSSR count). The third kappa shape index (κ3) is 2.96. The van der Waals surface area contributed by atoms with E-state index in [4.69, 9.17) is 11.6 Å². The molecule has 0 spiro atoms. The Kier molecular flexibility index (Phi) is 4.12. The van der Waals surface area contributed by atoms with Crippen molar-refractivity contribution in [1.29, 1.82) is 0 Å². The number of rotatable bonds is 5. The monoisotopic (exact) mass is 266 g/mol. The van der Waals surface area contributed by atoms with Crippen molar-refractivity contribution >= 4 is 23.2 Å². The number of carbonyl (C=O) groups excluding carboxylic acids is 1. The summed E-state index contributed by atoms with van der Waals surface area (Å²) >= 11 is 5.99. The Hall–Kier alpha value is -1.22. The van der Waals surface area contributed by atoms with Crippen LogP contribution in [0.25, 0.3) is 0 Å². The standard InChI is InChI=1S/C14H19ClN2O/c1-3-17(9-10-4-5-10)14(18)12-8-11(15)6-7-13(12)16-2/h6-8,10,16H,3-5,9H2,1-2H3.